The van der Waals surface area contributed by atoms with Crippen LogP contribution in [0.15, 0.2) is 48.5 Å². The number of nitrogens with one attached hydrogen (secondary N) is 3. The molecule has 0 bridgehead atoms. The lowest BCUT2D eigenvalue weighted by molar-refractivity contribution is -0.159. The molecule has 3 amide bonds. The van der Waals surface area contributed by atoms with Gasteiger partial charge in [0.2, 0.25) is 11.8 Å². The molecule has 0 heterocycles. The van der Waals surface area contributed by atoms with Crippen LogP contribution in [0, 0.1) is 0 Å². The van der Waals surface area contributed by atoms with Crippen molar-refractivity contribution in [2.24, 2.45) is 0 Å². The Kier molecular flexibility index (Phi) is 26.3. The summed E-state index contributed by atoms with van der Waals surface area (Å²) in [5, 5.41) is 8.28. The van der Waals surface area contributed by atoms with Crippen molar-refractivity contribution >= 4 is 29.8 Å². The molecular weight excluding hydrogens is 803 g/mol. The molecule has 13 nitrogen and oxygen atoms in total. The van der Waals surface area contributed by atoms with Gasteiger partial charge in [-0.3, -0.25) is 14.4 Å². The molecule has 1 atom stereocenters. The first kappa shape index (κ1) is 52.9. The molecule has 0 spiro atoms. The third-order valence-corrected chi connectivity index (χ3v) is 10.9. The number of methoxy groups -OCH3 is 1. The number of alkyl carbamates (subject to hydrolysis) is 1. The molecule has 3 N–H and O–H groups in total. The van der Waals surface area contributed by atoms with Crippen molar-refractivity contribution < 1.29 is 47.7 Å². The maximum absolute atomic E-state index is 12.9. The van der Waals surface area contributed by atoms with Crippen LogP contribution >= 0.6 is 0 Å². The molecule has 0 unspecified atom stereocenters. The quantitative estimate of drug-likeness (QED) is 0.0350. The Morgan fingerprint density at radius 2 is 1.10 bits per heavy atom. The highest BCUT2D eigenvalue weighted by atomic mass is 16.6. The molecular formula is C50H77N3O10. The number of esters is 2. The summed E-state index contributed by atoms with van der Waals surface area (Å²) in [7, 11) is 1.30. The lowest BCUT2D eigenvalue weighted by Crippen LogP contribution is -2.44. The fourth-order valence-corrected chi connectivity index (χ4v) is 7.57. The molecule has 63 heavy (non-hydrogen) atoms. The van der Waals surface area contributed by atoms with Crippen molar-refractivity contribution in [3.63, 3.8) is 0 Å². The number of rotatable bonds is 34. The Labute approximate surface area is 376 Å². The monoisotopic (exact) mass is 880 g/mol. The molecule has 2 aromatic rings. The minimum atomic E-state index is -0.726. The minimum Gasteiger partial charge on any atom is -0.458 e. The number of hydrogen-bond donors (Lipinski definition) is 3. The second-order valence-electron chi connectivity index (χ2n) is 17.4. The Morgan fingerprint density at radius 3 is 1.65 bits per heavy atom. The maximum atomic E-state index is 12.9. The standard InChI is InChI=1S/C50H77N3O10/c1-50(2,3)63-48(57)43(29-23-24-33-51-44(54)32-35-60-37-38-61-36-34-52-49(58)59-4)53-45(55)30-17-15-13-11-9-7-5-6-8-10-12-14-16-18-31-46(56)62-47-41-27-21-19-25-39(41)40-26-20-22-28-42(40)47/h19-22,25-28,43,47H,5-18,23-24,29-38H2,1-4H3,(H,51,54)(H,52,58)(H,53,55)/t43-/m0/s1. The topological polar surface area (TPSA) is 168 Å². The van der Waals surface area contributed by atoms with E-state index in [1.807, 2.05) is 45.0 Å². The van der Waals surface area contributed by atoms with Gasteiger partial charge >= 0.3 is 18.0 Å². The summed E-state index contributed by atoms with van der Waals surface area (Å²) in [6.07, 6.45) is 17.8. The summed E-state index contributed by atoms with van der Waals surface area (Å²) < 4.78 is 26.8. The van der Waals surface area contributed by atoms with Gasteiger partial charge in [-0.25, -0.2) is 9.59 Å². The number of unbranched alkanes of at least 4 members (excludes halogenated alkanes) is 14. The molecule has 1 aliphatic carbocycles. The number of ether oxygens (including phenoxy) is 5. The van der Waals surface area contributed by atoms with Crippen molar-refractivity contribution in [2.75, 3.05) is 46.6 Å². The predicted octanol–water partition coefficient (Wildman–Crippen LogP) is 9.43. The van der Waals surface area contributed by atoms with Gasteiger partial charge in [0.05, 0.1) is 33.5 Å². The first-order valence-electron chi connectivity index (χ1n) is 23.6. The van der Waals surface area contributed by atoms with Crippen LogP contribution in [-0.2, 0) is 42.9 Å². The second kappa shape index (κ2) is 31.4. The first-order valence-corrected chi connectivity index (χ1v) is 23.6. The number of benzene rings is 2. The van der Waals surface area contributed by atoms with Crippen molar-refractivity contribution in [1.82, 2.24) is 16.0 Å². The fraction of sp³-hybridized carbons (Fsp3) is 0.660. The molecule has 3 rings (SSSR count). The van der Waals surface area contributed by atoms with Gasteiger partial charge in [-0.2, -0.15) is 0 Å². The van der Waals surface area contributed by atoms with Gasteiger partial charge in [-0.15, -0.1) is 0 Å². The highest BCUT2D eigenvalue weighted by molar-refractivity contribution is 5.84. The van der Waals surface area contributed by atoms with Gasteiger partial charge in [-0.05, 0) is 64.0 Å². The Hall–Kier alpha value is -4.49. The molecule has 0 aliphatic heterocycles. The average Bonchev–Trinajstić information content (AvgIpc) is 3.57. The summed E-state index contributed by atoms with van der Waals surface area (Å²) >= 11 is 0. The fourth-order valence-electron chi connectivity index (χ4n) is 7.57. The van der Waals surface area contributed by atoms with Gasteiger partial charge in [0.25, 0.3) is 0 Å². The third-order valence-electron chi connectivity index (χ3n) is 10.9. The van der Waals surface area contributed by atoms with Crippen molar-refractivity contribution in [1.29, 1.82) is 0 Å². The van der Waals surface area contributed by atoms with E-state index in [2.05, 4.69) is 45.0 Å². The van der Waals surface area contributed by atoms with Crippen LogP contribution < -0.4 is 16.0 Å². The lowest BCUT2D eigenvalue weighted by atomic mass is 10.0. The Bertz CT molecular complexity index is 1600. The van der Waals surface area contributed by atoms with Crippen LogP contribution in [-0.4, -0.2) is 88.1 Å². The van der Waals surface area contributed by atoms with E-state index in [1.165, 1.54) is 58.5 Å². The number of carbonyl (C=O) groups is 5. The van der Waals surface area contributed by atoms with Gasteiger partial charge < -0.3 is 39.6 Å². The van der Waals surface area contributed by atoms with E-state index < -0.39 is 23.7 Å². The Balaban J connectivity index is 1.12. The zero-order valence-corrected chi connectivity index (χ0v) is 38.7. The van der Waals surface area contributed by atoms with Gasteiger partial charge in [0.1, 0.15) is 11.6 Å². The summed E-state index contributed by atoms with van der Waals surface area (Å²) in [4.78, 5) is 61.6. The molecule has 352 valence electrons. The first-order chi connectivity index (χ1) is 30.5. The molecule has 1 aliphatic rings. The second-order valence-corrected chi connectivity index (χ2v) is 17.4. The van der Waals surface area contributed by atoms with Crippen LogP contribution in [0.1, 0.15) is 166 Å². The van der Waals surface area contributed by atoms with E-state index in [0.29, 0.717) is 65.0 Å². The van der Waals surface area contributed by atoms with Gasteiger partial charge in [0, 0.05) is 43.5 Å². The highest BCUT2D eigenvalue weighted by Crippen LogP contribution is 2.45. The van der Waals surface area contributed by atoms with Crippen LogP contribution in [0.5, 0.6) is 0 Å². The van der Waals surface area contributed by atoms with Crippen molar-refractivity contribution in [3.8, 4) is 11.1 Å². The normalized spacial score (nSPS) is 12.5. The van der Waals surface area contributed by atoms with E-state index in [4.69, 9.17) is 18.9 Å². The van der Waals surface area contributed by atoms with E-state index in [1.54, 1.807) is 0 Å². The zero-order valence-electron chi connectivity index (χ0n) is 38.7. The van der Waals surface area contributed by atoms with E-state index in [-0.39, 0.29) is 36.9 Å². The lowest BCUT2D eigenvalue weighted by Gasteiger charge is -2.24. The predicted molar refractivity (Wildman–Crippen MR) is 245 cm³/mol. The SMILES string of the molecule is COC(=O)NCCOCCOCCC(=O)NCCCC[C@H](NC(=O)CCCCCCCCCCCCCCCCC(=O)OC1c2ccccc2-c2ccccc21)C(=O)OC(C)(C)C. The van der Waals surface area contributed by atoms with Crippen LogP contribution in [0.4, 0.5) is 4.79 Å². The zero-order chi connectivity index (χ0) is 45.5. The number of fused-ring (bicyclic) bond motifs is 3. The van der Waals surface area contributed by atoms with Gasteiger partial charge in [0.15, 0.2) is 6.10 Å². The summed E-state index contributed by atoms with van der Waals surface area (Å²) in [5.74, 6) is -0.813. The average molecular weight is 880 g/mol. The number of hydrogen-bond acceptors (Lipinski definition) is 10. The van der Waals surface area contributed by atoms with E-state index in [0.717, 1.165) is 60.8 Å². The molecule has 0 saturated carbocycles. The van der Waals surface area contributed by atoms with Gasteiger partial charge in [-0.1, -0.05) is 126 Å². The van der Waals surface area contributed by atoms with Crippen LogP contribution in [0.25, 0.3) is 11.1 Å². The highest BCUT2D eigenvalue weighted by Gasteiger charge is 2.31. The molecule has 0 saturated heterocycles. The largest absolute Gasteiger partial charge is 0.458 e. The number of amides is 3. The maximum Gasteiger partial charge on any atom is 0.406 e. The third kappa shape index (κ3) is 23.1. The van der Waals surface area contributed by atoms with Crippen LogP contribution in [0.2, 0.25) is 0 Å². The smallest absolute Gasteiger partial charge is 0.406 e. The summed E-state index contributed by atoms with van der Waals surface area (Å²) in [6, 6.07) is 15.7. The molecule has 13 heteroatoms. The van der Waals surface area contributed by atoms with Crippen molar-refractivity contribution in [2.45, 2.75) is 167 Å². The minimum absolute atomic E-state index is 0.116. The summed E-state index contributed by atoms with van der Waals surface area (Å²) in [6.45, 7) is 7.51. The molecule has 2 aromatic carbocycles. The molecule has 0 radical (unpaired) electrons. The number of carbonyl (C=O) groups excluding carboxylic acids is 5. The van der Waals surface area contributed by atoms with E-state index in [9.17, 15) is 24.0 Å². The Morgan fingerprint density at radius 1 is 0.571 bits per heavy atom. The summed E-state index contributed by atoms with van der Waals surface area (Å²) in [5.41, 5.74) is 3.81. The van der Waals surface area contributed by atoms with Crippen LogP contribution in [0.3, 0.4) is 0 Å². The molecule has 0 fully saturated rings. The van der Waals surface area contributed by atoms with E-state index >= 15 is 0 Å². The molecule has 0 aromatic heterocycles. The van der Waals surface area contributed by atoms with Crippen molar-refractivity contribution in [3.05, 3.63) is 59.7 Å².